The molecule has 0 amide bonds. The molecule has 0 saturated carbocycles. The molecule has 0 N–H and O–H groups in total. The molecule has 0 aliphatic carbocycles. The molecule has 0 unspecified atom stereocenters. The monoisotopic (exact) mass is 792 g/mol. The Hall–Kier alpha value is -7.94. The molecule has 10 aromatic rings. The van der Waals surface area contributed by atoms with E-state index in [-0.39, 0.29) is 0 Å². The van der Waals surface area contributed by atoms with Gasteiger partial charge in [0.2, 0.25) is 0 Å². The summed E-state index contributed by atoms with van der Waals surface area (Å²) < 4.78 is 2.38. The normalized spacial score (nSPS) is 13.6. The lowest BCUT2D eigenvalue weighted by Gasteiger charge is -2.26. The third-order valence-electron chi connectivity index (χ3n) is 12.3. The van der Waals surface area contributed by atoms with Crippen molar-refractivity contribution < 1.29 is 0 Å². The van der Waals surface area contributed by atoms with Crippen molar-refractivity contribution in [1.29, 1.82) is 0 Å². The molecule has 0 bridgehead atoms. The van der Waals surface area contributed by atoms with Gasteiger partial charge in [0.15, 0.2) is 0 Å². The zero-order valence-corrected chi connectivity index (χ0v) is 34.4. The molecule has 0 spiro atoms. The van der Waals surface area contributed by atoms with Gasteiger partial charge in [-0.2, -0.15) is 0 Å². The number of rotatable bonds is 7. The number of benzene rings is 9. The lowest BCUT2D eigenvalue weighted by Crippen LogP contribution is -2.18. The summed E-state index contributed by atoms with van der Waals surface area (Å²) in [7, 11) is 0. The van der Waals surface area contributed by atoms with Crippen molar-refractivity contribution in [2.45, 2.75) is 6.42 Å². The van der Waals surface area contributed by atoms with Crippen molar-refractivity contribution >= 4 is 33.2 Å². The summed E-state index contributed by atoms with van der Waals surface area (Å²) in [5.41, 5.74) is 19.2. The van der Waals surface area contributed by atoms with E-state index < -0.39 is 0 Å². The van der Waals surface area contributed by atoms with Crippen LogP contribution in [0.1, 0.15) is 5.56 Å². The quantitative estimate of drug-likeness (QED) is 0.156. The fourth-order valence-corrected chi connectivity index (χ4v) is 9.16. The summed E-state index contributed by atoms with van der Waals surface area (Å²) in [6, 6.07) is 80.0. The fraction of sp³-hybridized carbons (Fsp3) is 0.0333. The second-order valence-corrected chi connectivity index (χ2v) is 16.1. The van der Waals surface area contributed by atoms with Crippen LogP contribution in [0.2, 0.25) is 0 Å². The van der Waals surface area contributed by atoms with Crippen molar-refractivity contribution in [3.8, 4) is 61.3 Å². The summed E-state index contributed by atoms with van der Waals surface area (Å²) >= 11 is 0. The number of allylic oxidation sites excluding steroid dienone is 3. The average Bonchev–Trinajstić information content (AvgIpc) is 3.73. The van der Waals surface area contributed by atoms with Gasteiger partial charge in [-0.05, 0) is 146 Å². The molecule has 9 aromatic carbocycles. The Bertz CT molecular complexity index is 3210. The number of fused-ring (bicyclic) bond motifs is 4. The van der Waals surface area contributed by atoms with Gasteiger partial charge in [0, 0.05) is 34.4 Å². The van der Waals surface area contributed by atoms with E-state index in [9.17, 15) is 0 Å². The first kappa shape index (κ1) is 37.1. The summed E-state index contributed by atoms with van der Waals surface area (Å²) in [4.78, 5) is 2.42. The van der Waals surface area contributed by atoms with Crippen molar-refractivity contribution in [3.63, 3.8) is 0 Å². The van der Waals surface area contributed by atoms with Crippen LogP contribution in [0.15, 0.2) is 243 Å². The van der Waals surface area contributed by atoms with Crippen LogP contribution in [0.5, 0.6) is 0 Å². The van der Waals surface area contributed by atoms with Gasteiger partial charge in [0.1, 0.15) is 0 Å². The second kappa shape index (κ2) is 16.3. The topological polar surface area (TPSA) is 8.17 Å². The minimum atomic E-state index is 0.803. The first-order chi connectivity index (χ1) is 30.7. The summed E-state index contributed by atoms with van der Waals surface area (Å²) in [6.45, 7) is 0.803. The van der Waals surface area contributed by atoms with Gasteiger partial charge < -0.3 is 9.47 Å². The Kier molecular flexibility index (Phi) is 9.72. The van der Waals surface area contributed by atoms with Crippen molar-refractivity contribution in [2.75, 3.05) is 11.4 Å². The molecule has 11 rings (SSSR count). The highest BCUT2D eigenvalue weighted by Crippen LogP contribution is 2.39. The van der Waals surface area contributed by atoms with Crippen LogP contribution in [0, 0.1) is 0 Å². The third kappa shape index (κ3) is 7.12. The van der Waals surface area contributed by atoms with Crippen LogP contribution in [0.3, 0.4) is 0 Å². The zero-order chi connectivity index (χ0) is 41.2. The van der Waals surface area contributed by atoms with Crippen LogP contribution in [0.25, 0.3) is 83.1 Å². The van der Waals surface area contributed by atoms with E-state index in [1.807, 2.05) is 0 Å². The minimum absolute atomic E-state index is 0.803. The molecular formula is C60H44N2. The van der Waals surface area contributed by atoms with Crippen molar-refractivity contribution in [2.24, 2.45) is 0 Å². The van der Waals surface area contributed by atoms with E-state index >= 15 is 0 Å². The molecular weight excluding hydrogens is 749 g/mol. The highest BCUT2D eigenvalue weighted by molar-refractivity contribution is 6.09. The summed E-state index contributed by atoms with van der Waals surface area (Å²) in [5, 5.41) is 2.54. The van der Waals surface area contributed by atoms with Gasteiger partial charge >= 0.3 is 0 Å². The molecule has 2 nitrogen and oxygen atoms in total. The molecule has 1 aromatic heterocycles. The fourth-order valence-electron chi connectivity index (χ4n) is 9.16. The molecule has 0 atom stereocenters. The van der Waals surface area contributed by atoms with Gasteiger partial charge in [0.25, 0.3) is 0 Å². The molecule has 0 fully saturated rings. The van der Waals surface area contributed by atoms with Gasteiger partial charge in [-0.15, -0.1) is 0 Å². The van der Waals surface area contributed by atoms with Crippen LogP contribution < -0.4 is 4.90 Å². The Balaban J connectivity index is 1.01. The highest BCUT2D eigenvalue weighted by Gasteiger charge is 2.16. The van der Waals surface area contributed by atoms with Crippen molar-refractivity contribution in [3.05, 3.63) is 248 Å². The molecule has 2 heterocycles. The van der Waals surface area contributed by atoms with Gasteiger partial charge in [-0.25, -0.2) is 0 Å². The number of anilines is 2. The van der Waals surface area contributed by atoms with E-state index in [0.29, 0.717) is 0 Å². The van der Waals surface area contributed by atoms with E-state index in [0.717, 1.165) is 18.7 Å². The Morgan fingerprint density at radius 1 is 0.306 bits per heavy atom. The summed E-state index contributed by atoms with van der Waals surface area (Å²) in [5.74, 6) is 0. The van der Waals surface area contributed by atoms with E-state index in [2.05, 4.69) is 252 Å². The maximum atomic E-state index is 2.42. The number of nitrogens with zero attached hydrogens (tertiary/aromatic N) is 2. The maximum absolute atomic E-state index is 2.42. The largest absolute Gasteiger partial charge is 0.337 e. The predicted octanol–water partition coefficient (Wildman–Crippen LogP) is 15.9. The number of hydrogen-bond donors (Lipinski definition) is 0. The van der Waals surface area contributed by atoms with Gasteiger partial charge in [-0.3, -0.25) is 0 Å². The first-order valence-corrected chi connectivity index (χ1v) is 21.5. The number of hydrogen-bond acceptors (Lipinski definition) is 1. The van der Waals surface area contributed by atoms with E-state index in [1.54, 1.807) is 0 Å². The molecule has 1 aliphatic heterocycles. The lowest BCUT2D eigenvalue weighted by atomic mass is 9.90. The molecule has 0 radical (unpaired) electrons. The first-order valence-electron chi connectivity index (χ1n) is 21.5. The Labute approximate surface area is 363 Å². The van der Waals surface area contributed by atoms with Crippen LogP contribution in [-0.2, 0) is 6.42 Å². The maximum Gasteiger partial charge on any atom is 0.0541 e. The standard InChI is InChI=1S/C60H44N2/c1-2-16-36-61(58-25-13-10-22-47(58)21-5-1)54-32-28-45(29-33-54)50-37-48(43-17-6-3-7-18-43)39-52(41-50)53-40-49(44-19-8-4-9-20-44)38-51(42-53)46-30-34-55(35-31-46)62-59-26-14-11-23-56(59)57-24-12-15-27-60(57)62/h1-20,22-35,37-42H,21,36H2/b5-1-,16-2-. The number of para-hydroxylation sites is 3. The predicted molar refractivity (Wildman–Crippen MR) is 263 cm³/mol. The lowest BCUT2D eigenvalue weighted by molar-refractivity contribution is 1.07. The second-order valence-electron chi connectivity index (χ2n) is 16.1. The van der Waals surface area contributed by atoms with Crippen LogP contribution in [-0.4, -0.2) is 11.1 Å². The molecule has 1 aliphatic rings. The molecule has 62 heavy (non-hydrogen) atoms. The van der Waals surface area contributed by atoms with Gasteiger partial charge in [0.05, 0.1) is 11.0 Å². The molecule has 0 saturated heterocycles. The zero-order valence-electron chi connectivity index (χ0n) is 34.4. The highest BCUT2D eigenvalue weighted by atomic mass is 15.1. The van der Waals surface area contributed by atoms with E-state index in [1.165, 1.54) is 94.4 Å². The van der Waals surface area contributed by atoms with E-state index in [4.69, 9.17) is 0 Å². The van der Waals surface area contributed by atoms with Gasteiger partial charge in [-0.1, -0.05) is 164 Å². The smallest absolute Gasteiger partial charge is 0.0541 e. The van der Waals surface area contributed by atoms with Crippen LogP contribution >= 0.6 is 0 Å². The Morgan fingerprint density at radius 3 is 1.24 bits per heavy atom. The minimum Gasteiger partial charge on any atom is -0.337 e. The molecule has 294 valence electrons. The number of aromatic nitrogens is 1. The molecule has 2 heteroatoms. The average molecular weight is 793 g/mol. The van der Waals surface area contributed by atoms with Crippen LogP contribution in [0.4, 0.5) is 11.4 Å². The van der Waals surface area contributed by atoms with Crippen molar-refractivity contribution in [1.82, 2.24) is 4.57 Å². The third-order valence-corrected chi connectivity index (χ3v) is 12.3. The summed E-state index contributed by atoms with van der Waals surface area (Å²) in [6.07, 6.45) is 9.69. The Morgan fingerprint density at radius 2 is 0.710 bits per heavy atom. The SMILES string of the molecule is C1=C\Cc2ccccc2N(c2ccc(-c3cc(-c4ccccc4)cc(-c4cc(-c5ccccc5)cc(-c5ccc(-n6c7ccccc7c7ccccc76)cc5)c4)c3)cc2)C\C=C/1.